The number of hydrogen-bond acceptors (Lipinski definition) is 5. The molecular weight excluding hydrogens is 409 g/mol. The first-order valence-electron chi connectivity index (χ1n) is 7.85. The van der Waals surface area contributed by atoms with Gasteiger partial charge in [0, 0.05) is 5.56 Å². The molecular formula is C18H15Cl2N3O5. The maximum absolute atomic E-state index is 12.0. The number of aliphatic carboxylic acids is 1. The van der Waals surface area contributed by atoms with Gasteiger partial charge in [-0.25, -0.2) is 10.2 Å². The number of hydrazone groups is 1. The second-order valence-electron chi connectivity index (χ2n) is 5.36. The number of nitrogens with one attached hydrogen (secondary N) is 2. The minimum atomic E-state index is -1.07. The van der Waals surface area contributed by atoms with Crippen LogP contribution in [0.4, 0.5) is 0 Å². The van der Waals surface area contributed by atoms with Gasteiger partial charge in [-0.2, -0.15) is 5.10 Å². The fraction of sp³-hybridized carbons (Fsp3) is 0.111. The van der Waals surface area contributed by atoms with Gasteiger partial charge in [0.05, 0.1) is 22.8 Å². The molecule has 0 aromatic heterocycles. The van der Waals surface area contributed by atoms with Crippen molar-refractivity contribution < 1.29 is 24.2 Å². The first-order chi connectivity index (χ1) is 13.3. The second kappa shape index (κ2) is 10.3. The van der Waals surface area contributed by atoms with Crippen molar-refractivity contribution >= 4 is 47.2 Å². The first-order valence-corrected chi connectivity index (χ1v) is 8.60. The third-order valence-electron chi connectivity index (χ3n) is 3.24. The summed E-state index contributed by atoms with van der Waals surface area (Å²) in [7, 11) is 0. The lowest BCUT2D eigenvalue weighted by Gasteiger charge is -2.05. The predicted octanol–water partition coefficient (Wildman–Crippen LogP) is 2.34. The summed E-state index contributed by atoms with van der Waals surface area (Å²) in [5.74, 6) is -1.67. The Morgan fingerprint density at radius 3 is 2.43 bits per heavy atom. The zero-order valence-corrected chi connectivity index (χ0v) is 15.8. The summed E-state index contributed by atoms with van der Waals surface area (Å²) in [6.07, 6.45) is 1.39. The van der Waals surface area contributed by atoms with Crippen molar-refractivity contribution in [3.63, 3.8) is 0 Å². The molecule has 0 fully saturated rings. The fourth-order valence-corrected chi connectivity index (χ4v) is 2.21. The van der Waals surface area contributed by atoms with Gasteiger partial charge in [0.1, 0.15) is 5.75 Å². The molecule has 0 unspecified atom stereocenters. The molecule has 0 bridgehead atoms. The summed E-state index contributed by atoms with van der Waals surface area (Å²) in [5, 5.41) is 15.3. The molecule has 0 saturated carbocycles. The number of nitrogens with zero attached hydrogens (tertiary/aromatic N) is 1. The van der Waals surface area contributed by atoms with E-state index >= 15 is 0 Å². The van der Waals surface area contributed by atoms with Crippen LogP contribution in [-0.2, 0) is 9.59 Å². The quantitative estimate of drug-likeness (QED) is 0.444. The molecule has 0 radical (unpaired) electrons. The Kier molecular flexibility index (Phi) is 7.79. The zero-order valence-electron chi connectivity index (χ0n) is 14.3. The number of rotatable bonds is 8. The largest absolute Gasteiger partial charge is 0.482 e. The van der Waals surface area contributed by atoms with E-state index in [1.165, 1.54) is 24.4 Å². The van der Waals surface area contributed by atoms with Gasteiger partial charge in [0.15, 0.2) is 6.61 Å². The molecule has 0 heterocycles. The number of carbonyl (C=O) groups excluding carboxylic acids is 2. The molecule has 2 rings (SSSR count). The molecule has 2 aromatic carbocycles. The third kappa shape index (κ3) is 6.90. The number of carboxylic acids is 1. The van der Waals surface area contributed by atoms with E-state index in [9.17, 15) is 14.4 Å². The first kappa shape index (κ1) is 21.2. The number of carboxylic acid groups (broad SMARTS) is 1. The number of carbonyl (C=O) groups is 3. The minimum absolute atomic E-state index is 0.239. The van der Waals surface area contributed by atoms with Crippen molar-refractivity contribution in [3.8, 4) is 5.75 Å². The van der Waals surface area contributed by atoms with E-state index < -0.39 is 24.4 Å². The molecule has 2 amide bonds. The standard InChI is InChI=1S/C18H15Cl2N3O5/c19-14-6-3-12(7-15(14)20)18(27)21-9-16(24)23-22-8-11-1-4-13(5-2-11)28-10-17(25)26/h1-8H,9-10H2,(H,21,27)(H,23,24)(H,25,26)/b22-8-. The molecule has 0 spiro atoms. The van der Waals surface area contributed by atoms with E-state index in [1.807, 2.05) is 0 Å². The van der Waals surface area contributed by atoms with Crippen molar-refractivity contribution in [2.75, 3.05) is 13.2 Å². The molecule has 10 heteroatoms. The lowest BCUT2D eigenvalue weighted by Crippen LogP contribution is -2.34. The number of benzene rings is 2. The lowest BCUT2D eigenvalue weighted by atomic mass is 10.2. The van der Waals surface area contributed by atoms with Crippen molar-refractivity contribution in [2.24, 2.45) is 5.10 Å². The van der Waals surface area contributed by atoms with Crippen LogP contribution in [0.15, 0.2) is 47.6 Å². The van der Waals surface area contributed by atoms with Gasteiger partial charge in [0.2, 0.25) is 0 Å². The summed E-state index contributed by atoms with van der Waals surface area (Å²) in [6, 6.07) is 10.8. The van der Waals surface area contributed by atoms with Crippen molar-refractivity contribution in [1.29, 1.82) is 0 Å². The van der Waals surface area contributed by atoms with Crippen LogP contribution in [0, 0.1) is 0 Å². The number of hydrogen-bond donors (Lipinski definition) is 3. The molecule has 0 aliphatic rings. The van der Waals surface area contributed by atoms with Gasteiger partial charge in [-0.1, -0.05) is 23.2 Å². The highest BCUT2D eigenvalue weighted by Gasteiger charge is 2.09. The summed E-state index contributed by atoms with van der Waals surface area (Å²) in [5.41, 5.74) is 3.20. The Morgan fingerprint density at radius 2 is 1.79 bits per heavy atom. The fourth-order valence-electron chi connectivity index (χ4n) is 1.91. The van der Waals surface area contributed by atoms with Gasteiger partial charge < -0.3 is 15.2 Å². The molecule has 28 heavy (non-hydrogen) atoms. The van der Waals surface area contributed by atoms with Crippen LogP contribution in [0.5, 0.6) is 5.75 Å². The van der Waals surface area contributed by atoms with Crippen molar-refractivity contribution in [2.45, 2.75) is 0 Å². The molecule has 2 aromatic rings. The Hall–Kier alpha value is -3.10. The maximum atomic E-state index is 12.0. The molecule has 0 saturated heterocycles. The number of halogens is 2. The van der Waals surface area contributed by atoms with Crippen LogP contribution >= 0.6 is 23.2 Å². The Balaban J connectivity index is 1.77. The second-order valence-corrected chi connectivity index (χ2v) is 6.17. The van der Waals surface area contributed by atoms with Gasteiger partial charge in [-0.3, -0.25) is 9.59 Å². The van der Waals surface area contributed by atoms with E-state index in [0.29, 0.717) is 16.3 Å². The van der Waals surface area contributed by atoms with E-state index in [0.717, 1.165) is 0 Å². The average molecular weight is 424 g/mol. The van der Waals surface area contributed by atoms with Gasteiger partial charge >= 0.3 is 5.97 Å². The molecule has 0 aliphatic heterocycles. The topological polar surface area (TPSA) is 117 Å². The monoisotopic (exact) mass is 423 g/mol. The predicted molar refractivity (Wildman–Crippen MR) is 104 cm³/mol. The highest BCUT2D eigenvalue weighted by molar-refractivity contribution is 6.42. The minimum Gasteiger partial charge on any atom is -0.482 e. The molecule has 3 N–H and O–H groups in total. The molecule has 146 valence electrons. The van der Waals surface area contributed by atoms with Crippen LogP contribution in [-0.4, -0.2) is 42.3 Å². The van der Waals surface area contributed by atoms with Crippen LogP contribution < -0.4 is 15.5 Å². The summed E-state index contributed by atoms with van der Waals surface area (Å²) < 4.78 is 5.00. The van der Waals surface area contributed by atoms with E-state index in [2.05, 4.69) is 15.8 Å². The summed E-state index contributed by atoms with van der Waals surface area (Å²) in [4.78, 5) is 34.1. The van der Waals surface area contributed by atoms with Crippen LogP contribution in [0.3, 0.4) is 0 Å². The Morgan fingerprint density at radius 1 is 1.07 bits per heavy atom. The normalized spacial score (nSPS) is 10.5. The van der Waals surface area contributed by atoms with E-state index in [1.54, 1.807) is 24.3 Å². The Bertz CT molecular complexity index is 901. The van der Waals surface area contributed by atoms with Gasteiger partial charge in [0.25, 0.3) is 11.8 Å². The smallest absolute Gasteiger partial charge is 0.341 e. The van der Waals surface area contributed by atoms with E-state index in [-0.39, 0.29) is 17.1 Å². The zero-order chi connectivity index (χ0) is 20.5. The van der Waals surface area contributed by atoms with E-state index in [4.69, 9.17) is 33.0 Å². The van der Waals surface area contributed by atoms with Gasteiger partial charge in [-0.05, 0) is 48.0 Å². The third-order valence-corrected chi connectivity index (χ3v) is 3.98. The Labute approximate surface area is 170 Å². The number of amides is 2. The van der Waals surface area contributed by atoms with Crippen molar-refractivity contribution in [3.05, 3.63) is 63.6 Å². The summed E-state index contributed by atoms with van der Waals surface area (Å²) in [6.45, 7) is -0.712. The molecule has 8 nitrogen and oxygen atoms in total. The molecule has 0 atom stereocenters. The molecule has 0 aliphatic carbocycles. The van der Waals surface area contributed by atoms with Crippen molar-refractivity contribution in [1.82, 2.24) is 10.7 Å². The number of ether oxygens (including phenoxy) is 1. The maximum Gasteiger partial charge on any atom is 0.341 e. The highest BCUT2D eigenvalue weighted by Crippen LogP contribution is 2.22. The summed E-state index contributed by atoms with van der Waals surface area (Å²) >= 11 is 11.6. The lowest BCUT2D eigenvalue weighted by molar-refractivity contribution is -0.139. The van der Waals surface area contributed by atoms with Gasteiger partial charge in [-0.15, -0.1) is 0 Å². The highest BCUT2D eigenvalue weighted by atomic mass is 35.5. The van der Waals surface area contributed by atoms with Crippen LogP contribution in [0.2, 0.25) is 10.0 Å². The van der Waals surface area contributed by atoms with Crippen LogP contribution in [0.25, 0.3) is 0 Å². The van der Waals surface area contributed by atoms with Crippen LogP contribution in [0.1, 0.15) is 15.9 Å². The SMILES string of the molecule is O=C(O)COc1ccc(/C=N\NC(=O)CNC(=O)c2ccc(Cl)c(Cl)c2)cc1. The average Bonchev–Trinajstić information content (AvgIpc) is 2.67.